The maximum Gasteiger partial charge on any atom is 0.253 e. The molecule has 0 aromatic heterocycles. The maximum atomic E-state index is 12.4. The normalized spacial score (nSPS) is 14.2. The highest BCUT2D eigenvalue weighted by Gasteiger charge is 2.19. The van der Waals surface area contributed by atoms with Gasteiger partial charge in [0.2, 0.25) is 0 Å². The minimum Gasteiger partial charge on any atom is -0.457 e. The fourth-order valence-electron chi connectivity index (χ4n) is 2.54. The Kier molecular flexibility index (Phi) is 3.91. The first-order valence-corrected chi connectivity index (χ1v) is 7.36. The standard InChI is InChI=1S/C18H19NO2/c1-14-7-9-16(10-8-14)21-17-6-4-5-15(13-17)18(20)19-11-2-3-12-19/h4-10,13H,2-3,11-12H2,1H3. The van der Waals surface area contributed by atoms with Crippen molar-refractivity contribution in [3.8, 4) is 11.5 Å². The summed E-state index contributed by atoms with van der Waals surface area (Å²) in [7, 11) is 0. The fraction of sp³-hybridized carbons (Fsp3) is 0.278. The van der Waals surface area contributed by atoms with Gasteiger partial charge in [0.15, 0.2) is 0 Å². The Morgan fingerprint density at radius 2 is 1.71 bits per heavy atom. The van der Waals surface area contributed by atoms with E-state index in [9.17, 15) is 4.79 Å². The zero-order valence-electron chi connectivity index (χ0n) is 12.2. The lowest BCUT2D eigenvalue weighted by atomic mass is 10.2. The van der Waals surface area contributed by atoms with Gasteiger partial charge in [-0.25, -0.2) is 0 Å². The lowest BCUT2D eigenvalue weighted by Crippen LogP contribution is -2.27. The van der Waals surface area contributed by atoms with Crippen LogP contribution in [0.5, 0.6) is 11.5 Å². The molecule has 2 aromatic rings. The van der Waals surface area contributed by atoms with Gasteiger partial charge >= 0.3 is 0 Å². The molecular weight excluding hydrogens is 262 g/mol. The topological polar surface area (TPSA) is 29.5 Å². The molecule has 3 heteroatoms. The third-order valence-corrected chi connectivity index (χ3v) is 3.73. The van der Waals surface area contributed by atoms with Crippen LogP contribution in [0.25, 0.3) is 0 Å². The fourth-order valence-corrected chi connectivity index (χ4v) is 2.54. The SMILES string of the molecule is Cc1ccc(Oc2cccc(C(=O)N3CCCC3)c2)cc1. The molecule has 1 aliphatic rings. The molecule has 0 N–H and O–H groups in total. The minimum absolute atomic E-state index is 0.0989. The van der Waals surface area contributed by atoms with Crippen LogP contribution in [0.15, 0.2) is 48.5 Å². The Hall–Kier alpha value is -2.29. The van der Waals surface area contributed by atoms with E-state index in [2.05, 4.69) is 0 Å². The van der Waals surface area contributed by atoms with Crippen LogP contribution in [-0.4, -0.2) is 23.9 Å². The number of likely N-dealkylation sites (tertiary alicyclic amines) is 1. The van der Waals surface area contributed by atoms with Gasteiger partial charge in [0.1, 0.15) is 11.5 Å². The smallest absolute Gasteiger partial charge is 0.253 e. The molecule has 0 bridgehead atoms. The van der Waals surface area contributed by atoms with E-state index < -0.39 is 0 Å². The number of hydrogen-bond donors (Lipinski definition) is 0. The van der Waals surface area contributed by atoms with Crippen LogP contribution < -0.4 is 4.74 Å². The number of ether oxygens (including phenoxy) is 1. The van der Waals surface area contributed by atoms with Gasteiger partial charge in [-0.05, 0) is 50.1 Å². The quantitative estimate of drug-likeness (QED) is 0.850. The Balaban J connectivity index is 1.76. The molecule has 108 valence electrons. The number of benzene rings is 2. The highest BCUT2D eigenvalue weighted by molar-refractivity contribution is 5.94. The molecule has 0 aliphatic carbocycles. The zero-order chi connectivity index (χ0) is 14.7. The summed E-state index contributed by atoms with van der Waals surface area (Å²) in [6.07, 6.45) is 2.20. The van der Waals surface area contributed by atoms with Crippen molar-refractivity contribution < 1.29 is 9.53 Å². The summed E-state index contributed by atoms with van der Waals surface area (Å²) in [5.41, 5.74) is 1.89. The van der Waals surface area contributed by atoms with E-state index in [1.807, 2.05) is 60.4 Å². The first kappa shape index (κ1) is 13.7. The van der Waals surface area contributed by atoms with Crippen molar-refractivity contribution >= 4 is 5.91 Å². The molecule has 0 spiro atoms. The number of carbonyl (C=O) groups is 1. The van der Waals surface area contributed by atoms with Crippen LogP contribution in [0, 0.1) is 6.92 Å². The van der Waals surface area contributed by atoms with Crippen LogP contribution in [-0.2, 0) is 0 Å². The minimum atomic E-state index is 0.0989. The van der Waals surface area contributed by atoms with Gasteiger partial charge in [-0.2, -0.15) is 0 Å². The molecule has 0 unspecified atom stereocenters. The van der Waals surface area contributed by atoms with E-state index in [-0.39, 0.29) is 5.91 Å². The third-order valence-electron chi connectivity index (χ3n) is 3.73. The van der Waals surface area contributed by atoms with E-state index in [0.717, 1.165) is 31.7 Å². The van der Waals surface area contributed by atoms with Crippen LogP contribution in [0.4, 0.5) is 0 Å². The Morgan fingerprint density at radius 1 is 1.00 bits per heavy atom. The van der Waals surface area contributed by atoms with E-state index in [0.29, 0.717) is 11.3 Å². The average Bonchev–Trinajstić information content (AvgIpc) is 3.03. The Bertz CT molecular complexity index is 628. The molecular formula is C18H19NO2. The highest BCUT2D eigenvalue weighted by Crippen LogP contribution is 2.23. The van der Waals surface area contributed by atoms with Gasteiger partial charge in [-0.3, -0.25) is 4.79 Å². The van der Waals surface area contributed by atoms with Crippen molar-refractivity contribution in [1.82, 2.24) is 4.90 Å². The number of aryl methyl sites for hydroxylation is 1. The molecule has 3 nitrogen and oxygen atoms in total. The predicted molar refractivity (Wildman–Crippen MR) is 82.8 cm³/mol. The zero-order valence-corrected chi connectivity index (χ0v) is 12.2. The van der Waals surface area contributed by atoms with Gasteiger partial charge in [0.25, 0.3) is 5.91 Å². The lowest BCUT2D eigenvalue weighted by Gasteiger charge is -2.15. The molecule has 1 saturated heterocycles. The number of amides is 1. The van der Waals surface area contributed by atoms with E-state index in [4.69, 9.17) is 4.74 Å². The first-order valence-electron chi connectivity index (χ1n) is 7.36. The van der Waals surface area contributed by atoms with Gasteiger partial charge < -0.3 is 9.64 Å². The summed E-state index contributed by atoms with van der Waals surface area (Å²) in [5, 5.41) is 0. The highest BCUT2D eigenvalue weighted by atomic mass is 16.5. The second-order valence-electron chi connectivity index (χ2n) is 5.44. The molecule has 0 atom stereocenters. The third kappa shape index (κ3) is 3.24. The molecule has 2 aromatic carbocycles. The van der Waals surface area contributed by atoms with Crippen LogP contribution >= 0.6 is 0 Å². The Morgan fingerprint density at radius 3 is 2.43 bits per heavy atom. The molecule has 1 amide bonds. The van der Waals surface area contributed by atoms with Crippen molar-refractivity contribution in [2.75, 3.05) is 13.1 Å². The predicted octanol–water partition coefficient (Wildman–Crippen LogP) is 4.02. The van der Waals surface area contributed by atoms with Gasteiger partial charge in [0.05, 0.1) is 0 Å². The summed E-state index contributed by atoms with van der Waals surface area (Å²) >= 11 is 0. The molecule has 1 fully saturated rings. The van der Waals surface area contributed by atoms with Crippen molar-refractivity contribution in [2.45, 2.75) is 19.8 Å². The summed E-state index contributed by atoms with van der Waals surface area (Å²) in [6.45, 7) is 3.77. The van der Waals surface area contributed by atoms with E-state index >= 15 is 0 Å². The van der Waals surface area contributed by atoms with E-state index in [1.165, 1.54) is 5.56 Å². The largest absolute Gasteiger partial charge is 0.457 e. The van der Waals surface area contributed by atoms with Gasteiger partial charge in [-0.15, -0.1) is 0 Å². The van der Waals surface area contributed by atoms with E-state index in [1.54, 1.807) is 0 Å². The molecule has 0 saturated carbocycles. The van der Waals surface area contributed by atoms with Crippen LogP contribution in [0.2, 0.25) is 0 Å². The van der Waals surface area contributed by atoms with Crippen molar-refractivity contribution in [3.05, 3.63) is 59.7 Å². The maximum absolute atomic E-state index is 12.4. The first-order chi connectivity index (χ1) is 10.2. The second kappa shape index (κ2) is 6.00. The number of rotatable bonds is 3. The number of hydrogen-bond acceptors (Lipinski definition) is 2. The van der Waals surface area contributed by atoms with Gasteiger partial charge in [0, 0.05) is 18.7 Å². The van der Waals surface area contributed by atoms with Crippen molar-refractivity contribution in [2.24, 2.45) is 0 Å². The molecule has 1 aliphatic heterocycles. The molecule has 1 heterocycles. The summed E-state index contributed by atoms with van der Waals surface area (Å²) < 4.78 is 5.82. The summed E-state index contributed by atoms with van der Waals surface area (Å²) in [6, 6.07) is 15.3. The van der Waals surface area contributed by atoms with Crippen molar-refractivity contribution in [1.29, 1.82) is 0 Å². The van der Waals surface area contributed by atoms with Gasteiger partial charge in [-0.1, -0.05) is 23.8 Å². The molecule has 3 rings (SSSR count). The Labute approximate surface area is 125 Å². The number of carbonyl (C=O) groups excluding carboxylic acids is 1. The number of nitrogens with zero attached hydrogens (tertiary/aromatic N) is 1. The molecule has 21 heavy (non-hydrogen) atoms. The van der Waals surface area contributed by atoms with Crippen LogP contribution in [0.3, 0.4) is 0 Å². The van der Waals surface area contributed by atoms with Crippen LogP contribution in [0.1, 0.15) is 28.8 Å². The molecule has 0 radical (unpaired) electrons. The lowest BCUT2D eigenvalue weighted by molar-refractivity contribution is 0.0792. The van der Waals surface area contributed by atoms with Crippen molar-refractivity contribution in [3.63, 3.8) is 0 Å². The summed E-state index contributed by atoms with van der Waals surface area (Å²) in [5.74, 6) is 1.58. The second-order valence-corrected chi connectivity index (χ2v) is 5.44. The monoisotopic (exact) mass is 281 g/mol. The summed E-state index contributed by atoms with van der Waals surface area (Å²) in [4.78, 5) is 14.3. The average molecular weight is 281 g/mol.